The summed E-state index contributed by atoms with van der Waals surface area (Å²) in [5.41, 5.74) is 0.352. The quantitative estimate of drug-likeness (QED) is 0.912. The fourth-order valence-electron chi connectivity index (χ4n) is 2.48. The van der Waals surface area contributed by atoms with Crippen molar-refractivity contribution in [3.63, 3.8) is 0 Å². The summed E-state index contributed by atoms with van der Waals surface area (Å²) in [6.07, 6.45) is 1.73. The SMILES string of the molecule is CNCC1CCCN1S(=O)(=O)c1ccc(F)c(C)c1. The number of aryl methyl sites for hydroxylation is 1. The van der Waals surface area contributed by atoms with Crippen molar-refractivity contribution in [1.29, 1.82) is 0 Å². The second kappa shape index (κ2) is 5.56. The number of nitrogens with zero attached hydrogens (tertiary/aromatic N) is 1. The van der Waals surface area contributed by atoms with Gasteiger partial charge in [-0.1, -0.05) is 0 Å². The maximum Gasteiger partial charge on any atom is 0.243 e. The van der Waals surface area contributed by atoms with Crippen molar-refractivity contribution in [3.8, 4) is 0 Å². The molecule has 1 saturated heterocycles. The third-order valence-electron chi connectivity index (χ3n) is 3.50. The highest BCUT2D eigenvalue weighted by Gasteiger charge is 2.34. The Morgan fingerprint density at radius 3 is 2.84 bits per heavy atom. The van der Waals surface area contributed by atoms with E-state index in [-0.39, 0.29) is 16.8 Å². The molecule has 1 fully saturated rings. The van der Waals surface area contributed by atoms with E-state index in [9.17, 15) is 12.8 Å². The zero-order valence-corrected chi connectivity index (χ0v) is 12.0. The van der Waals surface area contributed by atoms with Gasteiger partial charge in [-0.15, -0.1) is 0 Å². The zero-order valence-electron chi connectivity index (χ0n) is 11.2. The molecule has 0 aliphatic carbocycles. The van der Waals surface area contributed by atoms with Gasteiger partial charge in [0.05, 0.1) is 4.90 Å². The summed E-state index contributed by atoms with van der Waals surface area (Å²) in [7, 11) is -1.71. The van der Waals surface area contributed by atoms with Gasteiger partial charge in [0.15, 0.2) is 0 Å². The largest absolute Gasteiger partial charge is 0.318 e. The third kappa shape index (κ3) is 2.80. The Hall–Kier alpha value is -0.980. The molecule has 1 atom stereocenters. The Balaban J connectivity index is 2.33. The van der Waals surface area contributed by atoms with Crippen molar-refractivity contribution < 1.29 is 12.8 Å². The number of sulfonamides is 1. The van der Waals surface area contributed by atoms with E-state index in [1.165, 1.54) is 22.5 Å². The van der Waals surface area contributed by atoms with Gasteiger partial charge in [-0.2, -0.15) is 4.31 Å². The second-order valence-electron chi connectivity index (χ2n) is 4.88. The molecule has 0 aromatic heterocycles. The number of nitrogens with one attached hydrogen (secondary N) is 1. The first-order valence-electron chi connectivity index (χ1n) is 6.39. The predicted molar refractivity (Wildman–Crippen MR) is 72.0 cm³/mol. The van der Waals surface area contributed by atoms with Gasteiger partial charge in [-0.25, -0.2) is 12.8 Å². The van der Waals surface area contributed by atoms with Crippen LogP contribution in [0.3, 0.4) is 0 Å². The smallest absolute Gasteiger partial charge is 0.243 e. The first-order chi connectivity index (χ1) is 8.96. The number of likely N-dealkylation sites (N-methyl/N-ethyl adjacent to an activating group) is 1. The topological polar surface area (TPSA) is 49.4 Å². The van der Waals surface area contributed by atoms with Crippen molar-refractivity contribution in [2.75, 3.05) is 20.1 Å². The molecule has 1 heterocycles. The van der Waals surface area contributed by atoms with Gasteiger partial charge in [-0.3, -0.25) is 0 Å². The molecule has 19 heavy (non-hydrogen) atoms. The molecule has 0 amide bonds. The maximum absolute atomic E-state index is 13.2. The van der Waals surface area contributed by atoms with Crippen LogP contribution in [0, 0.1) is 12.7 Å². The fourth-order valence-corrected chi connectivity index (χ4v) is 4.26. The minimum atomic E-state index is -3.52. The summed E-state index contributed by atoms with van der Waals surface area (Å²) in [5.74, 6) is -0.382. The van der Waals surface area contributed by atoms with Crippen LogP contribution < -0.4 is 5.32 Å². The molecule has 1 aliphatic heterocycles. The summed E-state index contributed by atoms with van der Waals surface area (Å²) >= 11 is 0. The number of rotatable bonds is 4. The Labute approximate surface area is 113 Å². The number of hydrogen-bond acceptors (Lipinski definition) is 3. The van der Waals surface area contributed by atoms with E-state index < -0.39 is 10.0 Å². The molecule has 0 bridgehead atoms. The number of hydrogen-bond donors (Lipinski definition) is 1. The summed E-state index contributed by atoms with van der Waals surface area (Å²) < 4.78 is 39.9. The van der Waals surface area contributed by atoms with Gasteiger partial charge in [-0.05, 0) is 50.6 Å². The Bertz CT molecular complexity index is 560. The van der Waals surface area contributed by atoms with Gasteiger partial charge in [0, 0.05) is 19.1 Å². The van der Waals surface area contributed by atoms with Crippen molar-refractivity contribution in [2.24, 2.45) is 0 Å². The molecule has 1 N–H and O–H groups in total. The van der Waals surface area contributed by atoms with Crippen molar-refractivity contribution in [3.05, 3.63) is 29.6 Å². The van der Waals surface area contributed by atoms with Crippen LogP contribution >= 0.6 is 0 Å². The molecule has 106 valence electrons. The van der Waals surface area contributed by atoms with E-state index in [1.807, 2.05) is 7.05 Å². The standard InChI is InChI=1S/C13H19FN2O2S/c1-10-8-12(5-6-13(10)14)19(17,18)16-7-3-4-11(16)9-15-2/h5-6,8,11,15H,3-4,7,9H2,1-2H3. The lowest BCUT2D eigenvalue weighted by Crippen LogP contribution is -2.40. The molecule has 1 aromatic carbocycles. The van der Waals surface area contributed by atoms with Crippen LogP contribution in [-0.2, 0) is 10.0 Å². The molecule has 2 rings (SSSR count). The van der Waals surface area contributed by atoms with Crippen LogP contribution in [-0.4, -0.2) is 38.9 Å². The van der Waals surface area contributed by atoms with E-state index in [1.54, 1.807) is 6.92 Å². The lowest BCUT2D eigenvalue weighted by molar-refractivity contribution is 0.379. The number of benzene rings is 1. The van der Waals surface area contributed by atoms with Crippen LogP contribution in [0.4, 0.5) is 4.39 Å². The fraction of sp³-hybridized carbons (Fsp3) is 0.538. The lowest BCUT2D eigenvalue weighted by atomic mass is 10.2. The predicted octanol–water partition coefficient (Wildman–Crippen LogP) is 1.51. The molecule has 1 aliphatic rings. The summed E-state index contributed by atoms with van der Waals surface area (Å²) in [6.45, 7) is 2.74. The Morgan fingerprint density at radius 1 is 1.47 bits per heavy atom. The highest BCUT2D eigenvalue weighted by Crippen LogP contribution is 2.26. The zero-order chi connectivity index (χ0) is 14.0. The van der Waals surface area contributed by atoms with Crippen molar-refractivity contribution in [2.45, 2.75) is 30.7 Å². The minimum Gasteiger partial charge on any atom is -0.318 e. The van der Waals surface area contributed by atoms with Crippen LogP contribution in [0.5, 0.6) is 0 Å². The highest BCUT2D eigenvalue weighted by atomic mass is 32.2. The molecular formula is C13H19FN2O2S. The lowest BCUT2D eigenvalue weighted by Gasteiger charge is -2.24. The van der Waals surface area contributed by atoms with Crippen LogP contribution in [0.25, 0.3) is 0 Å². The van der Waals surface area contributed by atoms with Gasteiger partial charge < -0.3 is 5.32 Å². The first kappa shape index (κ1) is 14.4. The van der Waals surface area contributed by atoms with Crippen molar-refractivity contribution in [1.82, 2.24) is 9.62 Å². The molecule has 1 aromatic rings. The molecule has 6 heteroatoms. The van der Waals surface area contributed by atoms with Crippen LogP contribution in [0.1, 0.15) is 18.4 Å². The van der Waals surface area contributed by atoms with Gasteiger partial charge in [0.2, 0.25) is 10.0 Å². The van der Waals surface area contributed by atoms with Crippen molar-refractivity contribution >= 4 is 10.0 Å². The normalized spacial score (nSPS) is 20.9. The van der Waals surface area contributed by atoms with Crippen LogP contribution in [0.2, 0.25) is 0 Å². The average Bonchev–Trinajstić information content (AvgIpc) is 2.82. The Morgan fingerprint density at radius 2 is 2.21 bits per heavy atom. The van der Waals surface area contributed by atoms with Gasteiger partial charge >= 0.3 is 0 Å². The monoisotopic (exact) mass is 286 g/mol. The average molecular weight is 286 g/mol. The van der Waals surface area contributed by atoms with Gasteiger partial charge in [0.1, 0.15) is 5.82 Å². The Kier molecular flexibility index (Phi) is 4.23. The van der Waals surface area contributed by atoms with E-state index >= 15 is 0 Å². The molecule has 0 spiro atoms. The first-order valence-corrected chi connectivity index (χ1v) is 7.83. The molecular weight excluding hydrogens is 267 g/mol. The third-order valence-corrected chi connectivity index (χ3v) is 5.45. The molecule has 4 nitrogen and oxygen atoms in total. The maximum atomic E-state index is 13.2. The second-order valence-corrected chi connectivity index (χ2v) is 6.77. The van der Waals surface area contributed by atoms with E-state index in [0.29, 0.717) is 18.7 Å². The molecule has 0 radical (unpaired) electrons. The van der Waals surface area contributed by atoms with Gasteiger partial charge in [0.25, 0.3) is 0 Å². The number of halogens is 1. The minimum absolute atomic E-state index is 0.0136. The van der Waals surface area contributed by atoms with E-state index in [2.05, 4.69) is 5.32 Å². The van der Waals surface area contributed by atoms with E-state index in [4.69, 9.17) is 0 Å². The summed E-state index contributed by atoms with van der Waals surface area (Å²) in [6, 6.07) is 3.94. The van der Waals surface area contributed by atoms with Crippen LogP contribution in [0.15, 0.2) is 23.1 Å². The molecule has 1 unspecified atom stereocenters. The highest BCUT2D eigenvalue weighted by molar-refractivity contribution is 7.89. The summed E-state index contributed by atoms with van der Waals surface area (Å²) in [5, 5.41) is 3.02. The molecule has 0 saturated carbocycles. The van der Waals surface area contributed by atoms with E-state index in [0.717, 1.165) is 12.8 Å². The summed E-state index contributed by atoms with van der Waals surface area (Å²) in [4.78, 5) is 0.175.